The van der Waals surface area contributed by atoms with Crippen molar-refractivity contribution in [2.45, 2.75) is 6.54 Å². The second-order valence-corrected chi connectivity index (χ2v) is 6.67. The normalized spacial score (nSPS) is 10.5. The smallest absolute Gasteiger partial charge is 0.319 e. The molecule has 0 radical (unpaired) electrons. The van der Waals surface area contributed by atoms with E-state index in [2.05, 4.69) is 27.8 Å². The maximum Gasteiger partial charge on any atom is 0.319 e. The average molecular weight is 398 g/mol. The van der Waals surface area contributed by atoms with E-state index < -0.39 is 11.0 Å². The molecule has 30 heavy (non-hydrogen) atoms. The fraction of sp³-hybridized carbons (Fsp3) is 0.0435. The van der Waals surface area contributed by atoms with Crippen molar-refractivity contribution in [2.24, 2.45) is 0 Å². The Hall–Kier alpha value is -4.26. The minimum absolute atomic E-state index is 0.0292. The van der Waals surface area contributed by atoms with Gasteiger partial charge in [0.05, 0.1) is 4.92 Å². The second-order valence-electron chi connectivity index (χ2n) is 6.67. The van der Waals surface area contributed by atoms with Crippen LogP contribution in [0.1, 0.15) is 5.56 Å². The first kappa shape index (κ1) is 19.1. The maximum absolute atomic E-state index is 12.3. The number of rotatable bonds is 5. The van der Waals surface area contributed by atoms with Gasteiger partial charge in [0, 0.05) is 42.1 Å². The van der Waals surface area contributed by atoms with Gasteiger partial charge in [-0.15, -0.1) is 0 Å². The van der Waals surface area contributed by atoms with Gasteiger partial charge >= 0.3 is 6.03 Å². The lowest BCUT2D eigenvalue weighted by Crippen LogP contribution is -2.28. The van der Waals surface area contributed by atoms with E-state index in [1.54, 1.807) is 12.4 Å². The van der Waals surface area contributed by atoms with Gasteiger partial charge in [0.1, 0.15) is 0 Å². The molecule has 1 aromatic heterocycles. The number of hydrogen-bond donors (Lipinski definition) is 2. The van der Waals surface area contributed by atoms with Gasteiger partial charge in [0.15, 0.2) is 0 Å². The molecule has 0 bridgehead atoms. The summed E-state index contributed by atoms with van der Waals surface area (Å²) in [6, 6.07) is 21.4. The van der Waals surface area contributed by atoms with Gasteiger partial charge < -0.3 is 10.6 Å². The zero-order valence-electron chi connectivity index (χ0n) is 15.9. The number of carbonyl (C=O) groups excluding carboxylic acids is 1. The number of nitro benzene ring substituents is 1. The lowest BCUT2D eigenvalue weighted by atomic mass is 9.96. The first-order valence-corrected chi connectivity index (χ1v) is 9.32. The minimum Gasteiger partial charge on any atom is -0.334 e. The number of non-ortho nitro benzene ring substituents is 1. The summed E-state index contributed by atoms with van der Waals surface area (Å²) in [6.07, 6.45) is 3.56. The van der Waals surface area contributed by atoms with Crippen molar-refractivity contribution in [3.8, 4) is 11.1 Å². The van der Waals surface area contributed by atoms with E-state index in [1.807, 2.05) is 36.4 Å². The molecule has 0 saturated carbocycles. The third-order valence-corrected chi connectivity index (χ3v) is 4.77. The highest BCUT2D eigenvalue weighted by Gasteiger charge is 2.10. The lowest BCUT2D eigenvalue weighted by molar-refractivity contribution is -0.384. The number of fused-ring (bicyclic) bond motifs is 1. The second kappa shape index (κ2) is 8.40. The van der Waals surface area contributed by atoms with Crippen molar-refractivity contribution in [3.05, 3.63) is 101 Å². The van der Waals surface area contributed by atoms with Gasteiger partial charge in [0.25, 0.3) is 5.69 Å². The summed E-state index contributed by atoms with van der Waals surface area (Å²) in [6.45, 7) is 0.316. The van der Waals surface area contributed by atoms with E-state index in [1.165, 1.54) is 24.3 Å². The van der Waals surface area contributed by atoms with Crippen LogP contribution in [0.25, 0.3) is 21.9 Å². The van der Waals surface area contributed by atoms with Gasteiger partial charge in [-0.05, 0) is 40.3 Å². The topological polar surface area (TPSA) is 97.2 Å². The quantitative estimate of drug-likeness (QED) is 0.360. The van der Waals surface area contributed by atoms with Crippen LogP contribution in [0, 0.1) is 10.1 Å². The molecule has 2 amide bonds. The Kier molecular flexibility index (Phi) is 5.34. The number of urea groups is 1. The molecular weight excluding hydrogens is 380 g/mol. The highest BCUT2D eigenvalue weighted by Crippen LogP contribution is 2.30. The van der Waals surface area contributed by atoms with Crippen molar-refractivity contribution in [2.75, 3.05) is 5.32 Å². The predicted molar refractivity (Wildman–Crippen MR) is 116 cm³/mol. The fourth-order valence-corrected chi connectivity index (χ4v) is 3.29. The molecule has 7 heteroatoms. The minimum atomic E-state index is -0.484. The van der Waals surface area contributed by atoms with Gasteiger partial charge in [-0.1, -0.05) is 42.5 Å². The monoisotopic (exact) mass is 398 g/mol. The number of nitrogens with one attached hydrogen (secondary N) is 2. The average Bonchev–Trinajstić information content (AvgIpc) is 2.78. The number of amides is 2. The van der Waals surface area contributed by atoms with Crippen LogP contribution in [0.4, 0.5) is 16.2 Å². The number of nitro groups is 1. The molecule has 0 unspecified atom stereocenters. The summed E-state index contributed by atoms with van der Waals surface area (Å²) in [7, 11) is 0. The molecular formula is C23H18N4O3. The van der Waals surface area contributed by atoms with Crippen LogP contribution in [-0.4, -0.2) is 15.9 Å². The summed E-state index contributed by atoms with van der Waals surface area (Å²) < 4.78 is 0. The molecule has 0 aliphatic heterocycles. The molecule has 7 nitrogen and oxygen atoms in total. The third kappa shape index (κ3) is 4.10. The van der Waals surface area contributed by atoms with Crippen molar-refractivity contribution in [3.63, 3.8) is 0 Å². The zero-order chi connectivity index (χ0) is 20.9. The Morgan fingerprint density at radius 3 is 2.43 bits per heavy atom. The molecule has 3 aromatic carbocycles. The largest absolute Gasteiger partial charge is 0.334 e. The Balaban J connectivity index is 1.50. The summed E-state index contributed by atoms with van der Waals surface area (Å²) in [5.74, 6) is 0. The van der Waals surface area contributed by atoms with Crippen molar-refractivity contribution >= 4 is 28.2 Å². The highest BCUT2D eigenvalue weighted by molar-refractivity contribution is 5.98. The van der Waals surface area contributed by atoms with Crippen LogP contribution >= 0.6 is 0 Å². The van der Waals surface area contributed by atoms with E-state index in [0.29, 0.717) is 12.2 Å². The summed E-state index contributed by atoms with van der Waals surface area (Å²) in [5, 5.41) is 18.2. The number of aromatic nitrogens is 1. The van der Waals surface area contributed by atoms with E-state index in [-0.39, 0.29) is 5.69 Å². The van der Waals surface area contributed by atoms with Crippen LogP contribution in [-0.2, 0) is 6.54 Å². The fourth-order valence-electron chi connectivity index (χ4n) is 3.29. The Morgan fingerprint density at radius 2 is 1.70 bits per heavy atom. The Morgan fingerprint density at radius 1 is 0.933 bits per heavy atom. The van der Waals surface area contributed by atoms with E-state index in [9.17, 15) is 14.9 Å². The summed E-state index contributed by atoms with van der Waals surface area (Å²) in [5.41, 5.74) is 3.61. The van der Waals surface area contributed by atoms with Crippen LogP contribution in [0.5, 0.6) is 0 Å². The molecule has 2 N–H and O–H groups in total. The van der Waals surface area contributed by atoms with Gasteiger partial charge in [-0.3, -0.25) is 15.1 Å². The number of pyridine rings is 1. The number of anilines is 1. The van der Waals surface area contributed by atoms with E-state index in [0.717, 1.165) is 27.5 Å². The Bertz CT molecular complexity index is 1210. The predicted octanol–water partition coefficient (Wildman–Crippen LogP) is 5.13. The molecule has 0 spiro atoms. The number of benzene rings is 3. The third-order valence-electron chi connectivity index (χ3n) is 4.77. The standard InChI is InChI=1S/C23H18N4O3/c28-23(26-18-7-9-19(10-8-18)27(29)30)25-14-17-6-11-20(16-4-2-1-3-5-16)21-12-13-24-15-22(17)21/h1-13,15H,14H2,(H2,25,26,28). The lowest BCUT2D eigenvalue weighted by Gasteiger charge is -2.12. The van der Waals surface area contributed by atoms with E-state index >= 15 is 0 Å². The van der Waals surface area contributed by atoms with Crippen molar-refractivity contribution in [1.82, 2.24) is 10.3 Å². The molecule has 0 aliphatic carbocycles. The molecule has 0 fully saturated rings. The summed E-state index contributed by atoms with van der Waals surface area (Å²) >= 11 is 0. The molecule has 0 aliphatic rings. The van der Waals surface area contributed by atoms with Crippen molar-refractivity contribution < 1.29 is 9.72 Å². The van der Waals surface area contributed by atoms with Gasteiger partial charge in [-0.25, -0.2) is 4.79 Å². The molecule has 4 rings (SSSR count). The molecule has 0 saturated heterocycles. The highest BCUT2D eigenvalue weighted by atomic mass is 16.6. The molecule has 148 valence electrons. The first-order chi connectivity index (χ1) is 14.6. The van der Waals surface area contributed by atoms with Gasteiger partial charge in [-0.2, -0.15) is 0 Å². The van der Waals surface area contributed by atoms with Crippen LogP contribution in [0.2, 0.25) is 0 Å². The number of hydrogen-bond acceptors (Lipinski definition) is 4. The first-order valence-electron chi connectivity index (χ1n) is 9.32. The van der Waals surface area contributed by atoms with Crippen LogP contribution in [0.15, 0.2) is 85.2 Å². The Labute approximate surface area is 172 Å². The SMILES string of the molecule is O=C(NCc1ccc(-c2ccccc2)c2ccncc12)Nc1ccc([N+](=O)[O-])cc1. The molecule has 1 heterocycles. The molecule has 4 aromatic rings. The summed E-state index contributed by atoms with van der Waals surface area (Å²) in [4.78, 5) is 26.7. The number of nitrogens with zero attached hydrogens (tertiary/aromatic N) is 2. The molecule has 0 atom stereocenters. The van der Waals surface area contributed by atoms with Crippen molar-refractivity contribution in [1.29, 1.82) is 0 Å². The van der Waals surface area contributed by atoms with Crippen LogP contribution in [0.3, 0.4) is 0 Å². The zero-order valence-corrected chi connectivity index (χ0v) is 15.9. The van der Waals surface area contributed by atoms with Gasteiger partial charge in [0.2, 0.25) is 0 Å². The van der Waals surface area contributed by atoms with E-state index in [4.69, 9.17) is 0 Å². The van der Waals surface area contributed by atoms with Crippen LogP contribution < -0.4 is 10.6 Å². The number of carbonyl (C=O) groups is 1. The maximum atomic E-state index is 12.3.